The maximum Gasteiger partial charge on any atom is 0.307 e. The molecule has 4 nitrogen and oxygen atoms in total. The van der Waals surface area contributed by atoms with Crippen LogP contribution in [0.4, 0.5) is 0 Å². The lowest BCUT2D eigenvalue weighted by Gasteiger charge is -2.16. The van der Waals surface area contributed by atoms with Gasteiger partial charge in [-0.15, -0.1) is 0 Å². The molecule has 2 N–H and O–H groups in total. The van der Waals surface area contributed by atoms with Crippen molar-refractivity contribution in [3.63, 3.8) is 0 Å². The second-order valence-electron chi connectivity index (χ2n) is 4.66. The summed E-state index contributed by atoms with van der Waals surface area (Å²) in [4.78, 5) is 22.6. The van der Waals surface area contributed by atoms with Crippen molar-refractivity contribution < 1.29 is 14.7 Å². The number of benzene rings is 1. The van der Waals surface area contributed by atoms with Gasteiger partial charge >= 0.3 is 5.97 Å². The fraction of sp³-hybridized carbons (Fsp3) is 0.385. The minimum Gasteiger partial charge on any atom is -0.481 e. The van der Waals surface area contributed by atoms with E-state index in [4.69, 9.17) is 28.3 Å². The lowest BCUT2D eigenvalue weighted by Crippen LogP contribution is -2.29. The fourth-order valence-corrected chi connectivity index (χ4v) is 2.48. The van der Waals surface area contributed by atoms with E-state index in [0.29, 0.717) is 16.5 Å². The van der Waals surface area contributed by atoms with Gasteiger partial charge in [0.05, 0.1) is 27.9 Å². The Morgan fingerprint density at radius 3 is 2.63 bits per heavy atom. The largest absolute Gasteiger partial charge is 0.481 e. The molecule has 1 amide bonds. The minimum absolute atomic E-state index is 0.254. The Kier molecular flexibility index (Phi) is 4.02. The highest BCUT2D eigenvalue weighted by molar-refractivity contribution is 6.42. The quantitative estimate of drug-likeness (QED) is 0.898. The summed E-state index contributed by atoms with van der Waals surface area (Å²) in [6, 6.07) is 4.89. The first-order valence-corrected chi connectivity index (χ1v) is 6.64. The Morgan fingerprint density at radius 2 is 2.05 bits per heavy atom. The van der Waals surface area contributed by atoms with Crippen LogP contribution in [0.2, 0.25) is 10.0 Å². The first kappa shape index (κ1) is 14.2. The summed E-state index contributed by atoms with van der Waals surface area (Å²) in [6.07, 6.45) is 0.400. The fourth-order valence-electron chi connectivity index (χ4n) is 2.01. The highest BCUT2D eigenvalue weighted by atomic mass is 35.5. The maximum absolute atomic E-state index is 11.8. The van der Waals surface area contributed by atoms with E-state index in [9.17, 15) is 9.59 Å². The number of carbonyl (C=O) groups is 2. The van der Waals surface area contributed by atoms with E-state index in [2.05, 4.69) is 5.32 Å². The Balaban J connectivity index is 2.02. The molecule has 1 aliphatic rings. The van der Waals surface area contributed by atoms with Gasteiger partial charge in [0, 0.05) is 0 Å². The van der Waals surface area contributed by atoms with Crippen molar-refractivity contribution in [1.29, 1.82) is 0 Å². The predicted octanol–water partition coefficient (Wildman–Crippen LogP) is 2.89. The lowest BCUT2D eigenvalue weighted by molar-refractivity contribution is -0.140. The summed E-state index contributed by atoms with van der Waals surface area (Å²) in [5.74, 6) is -2.16. The smallest absolute Gasteiger partial charge is 0.307 e. The molecule has 0 heterocycles. The summed E-state index contributed by atoms with van der Waals surface area (Å²) in [5.41, 5.74) is 0.718. The number of hydrogen-bond donors (Lipinski definition) is 2. The zero-order valence-electron chi connectivity index (χ0n) is 10.2. The highest BCUT2D eigenvalue weighted by Gasteiger charge is 2.48. The van der Waals surface area contributed by atoms with Crippen molar-refractivity contribution in [2.45, 2.75) is 19.4 Å². The van der Waals surface area contributed by atoms with Crippen molar-refractivity contribution in [2.75, 3.05) is 0 Å². The van der Waals surface area contributed by atoms with Crippen LogP contribution in [-0.2, 0) is 9.59 Å². The average Bonchev–Trinajstić information content (AvgIpc) is 3.12. The number of carbonyl (C=O) groups excluding carboxylic acids is 1. The Bertz CT molecular complexity index is 533. The number of hydrogen-bond acceptors (Lipinski definition) is 2. The molecule has 1 aromatic carbocycles. The molecule has 3 unspecified atom stereocenters. The second-order valence-corrected chi connectivity index (χ2v) is 5.45. The second kappa shape index (κ2) is 5.39. The Morgan fingerprint density at radius 1 is 1.37 bits per heavy atom. The van der Waals surface area contributed by atoms with Crippen LogP contribution in [-0.4, -0.2) is 17.0 Å². The molecule has 102 valence electrons. The van der Waals surface area contributed by atoms with Gasteiger partial charge in [0.1, 0.15) is 0 Å². The summed E-state index contributed by atoms with van der Waals surface area (Å²) >= 11 is 12.0. The first-order valence-electron chi connectivity index (χ1n) is 5.89. The van der Waals surface area contributed by atoms with Gasteiger partial charge in [-0.3, -0.25) is 9.59 Å². The summed E-state index contributed by atoms with van der Waals surface area (Å²) in [6.45, 7) is 1.79. The SMILES string of the molecule is CC(NC(=O)C1CC1C(=O)O)c1cccc(Cl)c1Cl. The number of amides is 1. The number of nitrogens with one attached hydrogen (secondary N) is 1. The van der Waals surface area contributed by atoms with Crippen LogP contribution in [0.3, 0.4) is 0 Å². The number of aliphatic carboxylic acids is 1. The molecule has 0 spiro atoms. The van der Waals surface area contributed by atoms with E-state index in [-0.39, 0.29) is 11.9 Å². The van der Waals surface area contributed by atoms with Crippen LogP contribution in [0.1, 0.15) is 24.9 Å². The van der Waals surface area contributed by atoms with Gasteiger partial charge in [0.15, 0.2) is 0 Å². The van der Waals surface area contributed by atoms with Crippen LogP contribution in [0.15, 0.2) is 18.2 Å². The van der Waals surface area contributed by atoms with Gasteiger partial charge in [-0.25, -0.2) is 0 Å². The minimum atomic E-state index is -0.923. The van der Waals surface area contributed by atoms with Gasteiger partial charge in [-0.1, -0.05) is 35.3 Å². The van der Waals surface area contributed by atoms with Crippen molar-refractivity contribution in [3.8, 4) is 0 Å². The lowest BCUT2D eigenvalue weighted by atomic mass is 10.1. The third-order valence-electron chi connectivity index (χ3n) is 3.25. The Labute approximate surface area is 120 Å². The molecule has 1 fully saturated rings. The molecule has 0 bridgehead atoms. The third kappa shape index (κ3) is 3.01. The van der Waals surface area contributed by atoms with Gasteiger partial charge < -0.3 is 10.4 Å². The average molecular weight is 302 g/mol. The summed E-state index contributed by atoms with van der Waals surface area (Å²) in [7, 11) is 0. The molecule has 1 aliphatic carbocycles. The number of halogens is 2. The molecular weight excluding hydrogens is 289 g/mol. The molecule has 1 aromatic rings. The van der Waals surface area contributed by atoms with Gasteiger partial charge in [0.25, 0.3) is 0 Å². The van der Waals surface area contributed by atoms with Gasteiger partial charge in [0.2, 0.25) is 5.91 Å². The highest BCUT2D eigenvalue weighted by Crippen LogP contribution is 2.39. The van der Waals surface area contributed by atoms with Crippen LogP contribution >= 0.6 is 23.2 Å². The zero-order chi connectivity index (χ0) is 14.2. The Hall–Kier alpha value is -1.26. The number of carboxylic acids is 1. The van der Waals surface area contributed by atoms with E-state index in [0.717, 1.165) is 5.56 Å². The molecule has 0 radical (unpaired) electrons. The van der Waals surface area contributed by atoms with E-state index in [1.165, 1.54) is 0 Å². The van der Waals surface area contributed by atoms with E-state index < -0.39 is 17.8 Å². The monoisotopic (exact) mass is 301 g/mol. The molecule has 0 saturated heterocycles. The first-order chi connectivity index (χ1) is 8.91. The van der Waals surface area contributed by atoms with Crippen molar-refractivity contribution in [3.05, 3.63) is 33.8 Å². The van der Waals surface area contributed by atoms with Crippen LogP contribution < -0.4 is 5.32 Å². The van der Waals surface area contributed by atoms with Gasteiger partial charge in [-0.05, 0) is 25.0 Å². The van der Waals surface area contributed by atoms with Crippen molar-refractivity contribution >= 4 is 35.1 Å². The topological polar surface area (TPSA) is 66.4 Å². The molecule has 2 rings (SSSR count). The predicted molar refractivity (Wildman–Crippen MR) is 72.3 cm³/mol. The maximum atomic E-state index is 11.8. The van der Waals surface area contributed by atoms with Crippen LogP contribution in [0, 0.1) is 11.8 Å². The number of rotatable bonds is 4. The number of carboxylic acid groups (broad SMARTS) is 1. The molecule has 1 saturated carbocycles. The molecule has 0 aromatic heterocycles. The van der Waals surface area contributed by atoms with E-state index in [1.807, 2.05) is 0 Å². The normalized spacial score (nSPS) is 22.7. The van der Waals surface area contributed by atoms with Crippen LogP contribution in [0.5, 0.6) is 0 Å². The molecule has 0 aliphatic heterocycles. The van der Waals surface area contributed by atoms with Gasteiger partial charge in [-0.2, -0.15) is 0 Å². The summed E-state index contributed by atoms with van der Waals surface area (Å²) < 4.78 is 0. The van der Waals surface area contributed by atoms with Crippen molar-refractivity contribution in [1.82, 2.24) is 5.32 Å². The zero-order valence-corrected chi connectivity index (χ0v) is 11.7. The van der Waals surface area contributed by atoms with E-state index >= 15 is 0 Å². The summed E-state index contributed by atoms with van der Waals surface area (Å²) in [5, 5.41) is 12.4. The van der Waals surface area contributed by atoms with Crippen molar-refractivity contribution in [2.24, 2.45) is 11.8 Å². The molecule has 19 heavy (non-hydrogen) atoms. The van der Waals surface area contributed by atoms with Crippen LogP contribution in [0.25, 0.3) is 0 Å². The van der Waals surface area contributed by atoms with E-state index in [1.54, 1.807) is 25.1 Å². The molecule has 3 atom stereocenters. The third-order valence-corrected chi connectivity index (χ3v) is 4.08. The molecule has 6 heteroatoms. The molecular formula is C13H13Cl2NO3. The standard InChI is InChI=1S/C13H13Cl2NO3/c1-6(7-3-2-4-10(14)11(7)15)16-12(17)8-5-9(8)13(18)19/h2-4,6,8-9H,5H2,1H3,(H,16,17)(H,18,19).